The molecule has 1 aromatic carbocycles. The molecule has 0 unspecified atom stereocenters. The van der Waals surface area contributed by atoms with E-state index >= 15 is 0 Å². The van der Waals surface area contributed by atoms with Crippen molar-refractivity contribution in [2.45, 2.75) is 52.4 Å². The van der Waals surface area contributed by atoms with Crippen molar-refractivity contribution in [3.8, 4) is 0 Å². The van der Waals surface area contributed by atoms with Crippen molar-refractivity contribution in [1.29, 1.82) is 0 Å². The number of rotatable bonds is 8. The Morgan fingerprint density at radius 3 is 2.24 bits per heavy atom. The summed E-state index contributed by atoms with van der Waals surface area (Å²) in [6.45, 7) is 3.97. The van der Waals surface area contributed by atoms with E-state index in [0.29, 0.717) is 12.8 Å². The van der Waals surface area contributed by atoms with E-state index in [0.717, 1.165) is 42.5 Å². The molecule has 0 aliphatic rings. The lowest BCUT2D eigenvalue weighted by atomic mass is 10.1. The molecule has 0 fully saturated rings. The van der Waals surface area contributed by atoms with E-state index in [4.69, 9.17) is 5.21 Å². The van der Waals surface area contributed by atoms with E-state index in [1.165, 1.54) is 0 Å². The average molecular weight is 292 g/mol. The van der Waals surface area contributed by atoms with Crippen molar-refractivity contribution in [3.63, 3.8) is 0 Å². The van der Waals surface area contributed by atoms with Gasteiger partial charge in [-0.15, -0.1) is 0 Å². The lowest BCUT2D eigenvalue weighted by molar-refractivity contribution is -0.129. The first kappa shape index (κ1) is 17.2. The Morgan fingerprint density at radius 2 is 1.62 bits per heavy atom. The molecule has 0 aromatic heterocycles. The topological polar surface area (TPSA) is 78.4 Å². The normalized spacial score (nSPS) is 10.2. The van der Waals surface area contributed by atoms with Crippen LogP contribution >= 0.6 is 0 Å². The van der Waals surface area contributed by atoms with Gasteiger partial charge in [0, 0.05) is 18.5 Å². The number of hydroxylamine groups is 1. The van der Waals surface area contributed by atoms with Gasteiger partial charge in [0.2, 0.25) is 11.8 Å². The molecule has 5 nitrogen and oxygen atoms in total. The Labute approximate surface area is 125 Å². The maximum absolute atomic E-state index is 11.9. The Balaban J connectivity index is 2.20. The van der Waals surface area contributed by atoms with Crippen LogP contribution in [0.25, 0.3) is 0 Å². The third-order valence-electron chi connectivity index (χ3n) is 3.35. The predicted octanol–water partition coefficient (Wildman–Crippen LogP) is 3.09. The van der Waals surface area contributed by atoms with Crippen molar-refractivity contribution < 1.29 is 14.8 Å². The lowest BCUT2D eigenvalue weighted by Crippen LogP contribution is -2.17. The zero-order valence-electron chi connectivity index (χ0n) is 12.7. The van der Waals surface area contributed by atoms with Crippen LogP contribution in [0.15, 0.2) is 18.2 Å². The zero-order chi connectivity index (χ0) is 15.7. The van der Waals surface area contributed by atoms with Crippen molar-refractivity contribution >= 4 is 17.5 Å². The maximum Gasteiger partial charge on any atom is 0.243 e. The average Bonchev–Trinajstić information content (AvgIpc) is 2.46. The molecule has 1 aromatic rings. The number of aryl methyl sites for hydroxylation is 2. The van der Waals surface area contributed by atoms with Gasteiger partial charge in [-0.2, -0.15) is 0 Å². The highest BCUT2D eigenvalue weighted by Crippen LogP contribution is 2.17. The monoisotopic (exact) mass is 292 g/mol. The molecule has 0 spiro atoms. The number of hydrogen-bond donors (Lipinski definition) is 3. The number of benzene rings is 1. The molecule has 0 saturated carbocycles. The second-order valence-electron chi connectivity index (χ2n) is 5.32. The minimum absolute atomic E-state index is 0.0248. The van der Waals surface area contributed by atoms with Crippen LogP contribution in [-0.4, -0.2) is 17.0 Å². The Hall–Kier alpha value is -1.88. The van der Waals surface area contributed by atoms with E-state index in [-0.39, 0.29) is 11.8 Å². The SMILES string of the molecule is Cc1ccc(C)c(NC(=O)CCCCCCC(=O)NO)c1. The quantitative estimate of drug-likeness (QED) is 0.391. The van der Waals surface area contributed by atoms with Crippen LogP contribution in [0, 0.1) is 13.8 Å². The van der Waals surface area contributed by atoms with Gasteiger partial charge in [0.05, 0.1) is 0 Å². The highest BCUT2D eigenvalue weighted by atomic mass is 16.5. The highest BCUT2D eigenvalue weighted by molar-refractivity contribution is 5.91. The summed E-state index contributed by atoms with van der Waals surface area (Å²) in [5, 5.41) is 11.3. The zero-order valence-corrected chi connectivity index (χ0v) is 12.7. The number of carbonyl (C=O) groups is 2. The van der Waals surface area contributed by atoms with Crippen LogP contribution in [0.2, 0.25) is 0 Å². The summed E-state index contributed by atoms with van der Waals surface area (Å²) in [6, 6.07) is 5.99. The number of carbonyl (C=O) groups excluding carboxylic acids is 2. The third kappa shape index (κ3) is 6.90. The molecule has 0 aliphatic carbocycles. The summed E-state index contributed by atoms with van der Waals surface area (Å²) in [5.74, 6) is -0.334. The molecule has 21 heavy (non-hydrogen) atoms. The minimum Gasteiger partial charge on any atom is -0.326 e. The van der Waals surface area contributed by atoms with Crippen LogP contribution in [0.5, 0.6) is 0 Å². The van der Waals surface area contributed by atoms with Crippen molar-refractivity contribution in [1.82, 2.24) is 5.48 Å². The number of anilines is 1. The molecule has 5 heteroatoms. The van der Waals surface area contributed by atoms with Gasteiger partial charge in [0.25, 0.3) is 0 Å². The van der Waals surface area contributed by atoms with Crippen LogP contribution in [0.1, 0.15) is 49.7 Å². The molecule has 0 heterocycles. The molecule has 0 saturated heterocycles. The number of amides is 2. The molecular weight excluding hydrogens is 268 g/mol. The van der Waals surface area contributed by atoms with E-state index in [9.17, 15) is 9.59 Å². The van der Waals surface area contributed by atoms with E-state index in [1.807, 2.05) is 32.0 Å². The van der Waals surface area contributed by atoms with Gasteiger partial charge in [0.15, 0.2) is 0 Å². The van der Waals surface area contributed by atoms with Gasteiger partial charge in [-0.25, -0.2) is 5.48 Å². The smallest absolute Gasteiger partial charge is 0.243 e. The second-order valence-corrected chi connectivity index (χ2v) is 5.32. The highest BCUT2D eigenvalue weighted by Gasteiger charge is 2.05. The van der Waals surface area contributed by atoms with E-state index in [1.54, 1.807) is 5.48 Å². The molecule has 1 rings (SSSR count). The fourth-order valence-electron chi connectivity index (χ4n) is 2.06. The van der Waals surface area contributed by atoms with Crippen LogP contribution in [0.3, 0.4) is 0 Å². The number of nitrogens with one attached hydrogen (secondary N) is 2. The van der Waals surface area contributed by atoms with E-state index in [2.05, 4.69) is 5.32 Å². The fraction of sp³-hybridized carbons (Fsp3) is 0.500. The van der Waals surface area contributed by atoms with Gasteiger partial charge < -0.3 is 5.32 Å². The maximum atomic E-state index is 11.9. The lowest BCUT2D eigenvalue weighted by Gasteiger charge is -2.09. The van der Waals surface area contributed by atoms with Gasteiger partial charge in [0.1, 0.15) is 0 Å². The minimum atomic E-state index is -0.359. The summed E-state index contributed by atoms with van der Waals surface area (Å²) in [4.78, 5) is 22.6. The van der Waals surface area contributed by atoms with Gasteiger partial charge in [-0.3, -0.25) is 14.8 Å². The first-order valence-corrected chi connectivity index (χ1v) is 7.33. The van der Waals surface area contributed by atoms with Crippen LogP contribution in [0.4, 0.5) is 5.69 Å². The molecule has 0 radical (unpaired) electrons. The Kier molecular flexibility index (Phi) is 7.46. The standard InChI is InChI=1S/C16H24N2O3/c1-12-9-10-13(2)14(11-12)17-15(19)7-5-3-4-6-8-16(20)18-21/h9-11,21H,3-8H2,1-2H3,(H,17,19)(H,18,20). The van der Waals surface area contributed by atoms with Gasteiger partial charge in [-0.1, -0.05) is 25.0 Å². The molecule has 0 bridgehead atoms. The molecule has 116 valence electrons. The molecule has 2 amide bonds. The Bertz CT molecular complexity index is 486. The summed E-state index contributed by atoms with van der Waals surface area (Å²) >= 11 is 0. The van der Waals surface area contributed by atoms with Gasteiger partial charge in [-0.05, 0) is 43.9 Å². The first-order chi connectivity index (χ1) is 10.0. The molecule has 0 aliphatic heterocycles. The fourth-order valence-corrected chi connectivity index (χ4v) is 2.06. The molecule has 3 N–H and O–H groups in total. The summed E-state index contributed by atoms with van der Waals surface area (Å²) < 4.78 is 0. The summed E-state index contributed by atoms with van der Waals surface area (Å²) in [5.41, 5.74) is 4.67. The first-order valence-electron chi connectivity index (χ1n) is 7.33. The van der Waals surface area contributed by atoms with Crippen molar-refractivity contribution in [3.05, 3.63) is 29.3 Å². The Morgan fingerprint density at radius 1 is 1.00 bits per heavy atom. The van der Waals surface area contributed by atoms with Crippen molar-refractivity contribution in [2.75, 3.05) is 5.32 Å². The molecule has 0 atom stereocenters. The van der Waals surface area contributed by atoms with Crippen LogP contribution in [-0.2, 0) is 9.59 Å². The summed E-state index contributed by atoms with van der Waals surface area (Å²) in [6.07, 6.45) is 4.12. The molecular formula is C16H24N2O3. The number of unbranched alkanes of at least 4 members (excludes halogenated alkanes) is 3. The second kappa shape index (κ2) is 9.13. The van der Waals surface area contributed by atoms with Crippen molar-refractivity contribution in [2.24, 2.45) is 0 Å². The largest absolute Gasteiger partial charge is 0.326 e. The third-order valence-corrected chi connectivity index (χ3v) is 3.35. The van der Waals surface area contributed by atoms with Gasteiger partial charge >= 0.3 is 0 Å². The van der Waals surface area contributed by atoms with E-state index < -0.39 is 0 Å². The predicted molar refractivity (Wildman–Crippen MR) is 82.2 cm³/mol. The van der Waals surface area contributed by atoms with Crippen LogP contribution < -0.4 is 10.8 Å². The number of hydrogen-bond acceptors (Lipinski definition) is 3. The summed E-state index contributed by atoms with van der Waals surface area (Å²) in [7, 11) is 0.